The first-order chi connectivity index (χ1) is 8.12. The summed E-state index contributed by atoms with van der Waals surface area (Å²) in [6.45, 7) is 0. The van der Waals surface area contributed by atoms with Gasteiger partial charge in [0, 0.05) is 34.8 Å². The minimum absolute atomic E-state index is 0.0493. The van der Waals surface area contributed by atoms with Gasteiger partial charge in [-0.3, -0.25) is 4.98 Å². The third-order valence-corrected chi connectivity index (χ3v) is 4.49. The zero-order valence-electron chi connectivity index (χ0n) is 9.56. The number of aromatic nitrogens is 1. The summed E-state index contributed by atoms with van der Waals surface area (Å²) in [6, 6.07) is 8.38. The Labute approximate surface area is 99.8 Å². The molecule has 3 aliphatic rings. The maximum absolute atomic E-state index is 6.34. The summed E-state index contributed by atoms with van der Waals surface area (Å²) in [7, 11) is 0. The van der Waals surface area contributed by atoms with Gasteiger partial charge in [-0.05, 0) is 29.9 Å². The van der Waals surface area contributed by atoms with Gasteiger partial charge in [0.2, 0.25) is 0 Å². The Balaban J connectivity index is 1.93. The van der Waals surface area contributed by atoms with E-state index >= 15 is 0 Å². The highest BCUT2D eigenvalue weighted by molar-refractivity contribution is 5.86. The highest BCUT2D eigenvalue weighted by atomic mass is 15.1. The molecule has 4 N–H and O–H groups in total. The average Bonchev–Trinajstić information content (AvgIpc) is 2.28. The maximum atomic E-state index is 6.34. The molecule has 0 atom stereocenters. The van der Waals surface area contributed by atoms with E-state index < -0.39 is 0 Å². The van der Waals surface area contributed by atoms with Gasteiger partial charge in [0.05, 0.1) is 0 Å². The van der Waals surface area contributed by atoms with Crippen molar-refractivity contribution in [2.24, 2.45) is 11.5 Å². The molecule has 2 bridgehead atoms. The summed E-state index contributed by atoms with van der Waals surface area (Å²) in [5.74, 6) is 0.320. The van der Waals surface area contributed by atoms with Gasteiger partial charge in [0.25, 0.3) is 0 Å². The predicted molar refractivity (Wildman–Crippen MR) is 67.6 cm³/mol. The van der Waals surface area contributed by atoms with Gasteiger partial charge >= 0.3 is 0 Å². The second kappa shape index (κ2) is 2.68. The van der Waals surface area contributed by atoms with Crippen LogP contribution in [0.15, 0.2) is 36.7 Å². The number of benzene rings is 1. The molecule has 0 amide bonds. The van der Waals surface area contributed by atoms with E-state index in [2.05, 4.69) is 29.2 Å². The molecule has 0 spiro atoms. The topological polar surface area (TPSA) is 64.9 Å². The van der Waals surface area contributed by atoms with E-state index in [1.165, 1.54) is 16.3 Å². The lowest BCUT2D eigenvalue weighted by Crippen LogP contribution is -2.86. The molecule has 0 saturated heterocycles. The van der Waals surface area contributed by atoms with Crippen molar-refractivity contribution in [2.45, 2.75) is 29.8 Å². The number of hydrogen-bond acceptors (Lipinski definition) is 3. The van der Waals surface area contributed by atoms with Crippen LogP contribution in [0.5, 0.6) is 0 Å². The van der Waals surface area contributed by atoms with E-state index in [1.807, 2.05) is 12.4 Å². The van der Waals surface area contributed by atoms with Crippen molar-refractivity contribution in [3.05, 3.63) is 42.2 Å². The van der Waals surface area contributed by atoms with E-state index in [0.717, 1.165) is 12.8 Å². The molecule has 17 heavy (non-hydrogen) atoms. The van der Waals surface area contributed by atoms with Crippen LogP contribution < -0.4 is 11.5 Å². The molecule has 2 aromatic rings. The Kier molecular flexibility index (Phi) is 1.51. The summed E-state index contributed by atoms with van der Waals surface area (Å²) < 4.78 is 0. The van der Waals surface area contributed by atoms with Crippen LogP contribution in [0.3, 0.4) is 0 Å². The second-order valence-corrected chi connectivity index (χ2v) is 5.70. The molecule has 0 unspecified atom stereocenters. The Morgan fingerprint density at radius 3 is 2.59 bits per heavy atom. The zero-order chi connectivity index (χ0) is 11.7. The van der Waals surface area contributed by atoms with Crippen molar-refractivity contribution in [3.63, 3.8) is 0 Å². The Morgan fingerprint density at radius 1 is 1.12 bits per heavy atom. The quantitative estimate of drug-likeness (QED) is 0.773. The molecule has 0 aliphatic heterocycles. The lowest BCUT2D eigenvalue weighted by molar-refractivity contribution is -0.0850. The summed E-state index contributed by atoms with van der Waals surface area (Å²) in [5.41, 5.74) is 13.9. The molecule has 3 aliphatic carbocycles. The van der Waals surface area contributed by atoms with Crippen LogP contribution in [-0.2, 0) is 0 Å². The number of nitrogens with two attached hydrogens (primary N) is 2. The fourth-order valence-electron chi connectivity index (χ4n) is 3.91. The highest BCUT2D eigenvalue weighted by Gasteiger charge is 2.72. The van der Waals surface area contributed by atoms with Crippen molar-refractivity contribution < 1.29 is 0 Å². The molecular weight excluding hydrogens is 210 g/mol. The van der Waals surface area contributed by atoms with Crippen molar-refractivity contribution in [1.29, 1.82) is 0 Å². The molecule has 3 nitrogen and oxygen atoms in total. The largest absolute Gasteiger partial charge is 0.324 e. The number of pyridine rings is 1. The van der Waals surface area contributed by atoms with E-state index in [1.54, 1.807) is 0 Å². The molecule has 3 fully saturated rings. The molecule has 5 rings (SSSR count). The lowest BCUT2D eigenvalue weighted by atomic mass is 9.36. The zero-order valence-corrected chi connectivity index (χ0v) is 9.56. The van der Waals surface area contributed by atoms with Gasteiger partial charge in [0.1, 0.15) is 0 Å². The van der Waals surface area contributed by atoms with Crippen LogP contribution in [0.2, 0.25) is 0 Å². The monoisotopic (exact) mass is 225 g/mol. The van der Waals surface area contributed by atoms with Crippen molar-refractivity contribution in [2.75, 3.05) is 0 Å². The normalized spacial score (nSPS) is 38.6. The van der Waals surface area contributed by atoms with Crippen LogP contribution in [0.25, 0.3) is 10.8 Å². The van der Waals surface area contributed by atoms with Crippen molar-refractivity contribution in [1.82, 2.24) is 4.98 Å². The second-order valence-electron chi connectivity index (χ2n) is 5.70. The maximum Gasteiger partial charge on any atom is 0.0346 e. The Bertz CT molecular complexity index is 594. The first-order valence-electron chi connectivity index (χ1n) is 6.03. The standard InChI is InChI=1S/C14H15N3/c15-13-7-14(16,8-13)12(13)11-3-1-2-9-6-17-5-4-10(9)11/h1-6,12H,7-8,15-16H2. The van der Waals surface area contributed by atoms with E-state index in [-0.39, 0.29) is 11.1 Å². The fourth-order valence-corrected chi connectivity index (χ4v) is 3.91. The van der Waals surface area contributed by atoms with Crippen LogP contribution in [0.4, 0.5) is 0 Å². The molecule has 0 radical (unpaired) electrons. The van der Waals surface area contributed by atoms with Gasteiger partial charge in [-0.15, -0.1) is 0 Å². The van der Waals surface area contributed by atoms with E-state index in [9.17, 15) is 0 Å². The fraction of sp³-hybridized carbons (Fsp3) is 0.357. The summed E-state index contributed by atoms with van der Waals surface area (Å²) in [4.78, 5) is 4.16. The van der Waals surface area contributed by atoms with E-state index in [4.69, 9.17) is 11.5 Å². The minimum atomic E-state index is -0.0493. The Hall–Kier alpha value is -1.45. The van der Waals surface area contributed by atoms with Gasteiger partial charge in [-0.25, -0.2) is 0 Å². The third kappa shape index (κ3) is 1.01. The predicted octanol–water partition coefficient (Wildman–Crippen LogP) is 1.52. The molecular formula is C14H15N3. The number of fused-ring (bicyclic) bond motifs is 1. The minimum Gasteiger partial charge on any atom is -0.324 e. The van der Waals surface area contributed by atoms with Gasteiger partial charge in [0.15, 0.2) is 0 Å². The molecule has 3 saturated carbocycles. The summed E-state index contributed by atoms with van der Waals surface area (Å²) in [6.07, 6.45) is 5.66. The molecule has 1 aromatic heterocycles. The lowest BCUT2D eigenvalue weighted by Gasteiger charge is -2.73. The van der Waals surface area contributed by atoms with Crippen LogP contribution in [0.1, 0.15) is 24.3 Å². The van der Waals surface area contributed by atoms with Gasteiger partial charge < -0.3 is 11.5 Å². The Morgan fingerprint density at radius 2 is 1.88 bits per heavy atom. The average molecular weight is 225 g/mol. The van der Waals surface area contributed by atoms with E-state index in [0.29, 0.717) is 5.92 Å². The molecule has 3 heteroatoms. The number of hydrogen-bond donors (Lipinski definition) is 2. The van der Waals surface area contributed by atoms with Gasteiger partial charge in [-0.2, -0.15) is 0 Å². The molecule has 86 valence electrons. The first-order valence-corrected chi connectivity index (χ1v) is 6.03. The number of nitrogens with zero attached hydrogens (tertiary/aromatic N) is 1. The number of rotatable bonds is 1. The molecule has 1 aromatic carbocycles. The third-order valence-electron chi connectivity index (χ3n) is 4.49. The van der Waals surface area contributed by atoms with Crippen LogP contribution in [-0.4, -0.2) is 16.1 Å². The molecule has 1 heterocycles. The highest BCUT2D eigenvalue weighted by Crippen LogP contribution is 2.67. The first kappa shape index (κ1) is 9.57. The van der Waals surface area contributed by atoms with Crippen molar-refractivity contribution in [3.8, 4) is 0 Å². The smallest absolute Gasteiger partial charge is 0.0346 e. The van der Waals surface area contributed by atoms with Crippen LogP contribution >= 0.6 is 0 Å². The van der Waals surface area contributed by atoms with Gasteiger partial charge in [-0.1, -0.05) is 18.2 Å². The summed E-state index contributed by atoms with van der Waals surface area (Å²) in [5, 5.41) is 2.42. The van der Waals surface area contributed by atoms with Crippen LogP contribution in [0, 0.1) is 0 Å². The summed E-state index contributed by atoms with van der Waals surface area (Å²) >= 11 is 0. The van der Waals surface area contributed by atoms with Crippen molar-refractivity contribution >= 4 is 10.8 Å². The SMILES string of the molecule is NC12CC(N)(C1)C2c1cccc2cnccc12.